The van der Waals surface area contributed by atoms with Crippen molar-refractivity contribution in [3.8, 4) is 0 Å². The van der Waals surface area contributed by atoms with Crippen LogP contribution in [-0.2, 0) is 11.3 Å². The number of amides is 1. The average Bonchev–Trinajstić information content (AvgIpc) is 2.89. The van der Waals surface area contributed by atoms with Gasteiger partial charge in [-0.05, 0) is 25.0 Å². The third-order valence-electron chi connectivity index (χ3n) is 4.02. The molecule has 1 aromatic carbocycles. The lowest BCUT2D eigenvalue weighted by atomic mass is 9.98. The number of likely N-dealkylation sites (tertiary alicyclic amines) is 1. The van der Waals surface area contributed by atoms with Crippen molar-refractivity contribution < 1.29 is 18.0 Å². The third-order valence-corrected chi connectivity index (χ3v) is 4.02. The van der Waals surface area contributed by atoms with E-state index in [1.807, 2.05) is 0 Å². The molecule has 1 fully saturated rings. The van der Waals surface area contributed by atoms with Gasteiger partial charge in [0.1, 0.15) is 18.1 Å². The first-order valence-corrected chi connectivity index (χ1v) is 7.26. The predicted molar refractivity (Wildman–Crippen MR) is 76.3 cm³/mol. The summed E-state index contributed by atoms with van der Waals surface area (Å²) in [5, 5.41) is 7.74. The normalized spacial score (nSPS) is 22.5. The fourth-order valence-corrected chi connectivity index (χ4v) is 2.87. The van der Waals surface area contributed by atoms with Crippen LogP contribution < -0.4 is 5.73 Å². The molecule has 1 amide bonds. The molecule has 124 valence electrons. The van der Waals surface area contributed by atoms with Crippen LogP contribution in [0.1, 0.15) is 12.8 Å². The molecule has 2 aromatic rings. The number of fused-ring (bicyclic) bond motifs is 1. The van der Waals surface area contributed by atoms with E-state index in [1.54, 1.807) is 24.3 Å². The lowest BCUT2D eigenvalue weighted by Gasteiger charge is -2.39. The second-order valence-electron chi connectivity index (χ2n) is 5.68. The molecule has 0 bridgehead atoms. The molecule has 3 rings (SSSR count). The van der Waals surface area contributed by atoms with E-state index < -0.39 is 24.2 Å². The number of carbonyl (C=O) groups is 1. The smallest absolute Gasteiger partial charge is 0.327 e. The number of nitrogens with zero attached hydrogens (tertiary/aromatic N) is 4. The Hall–Kier alpha value is -2.16. The second kappa shape index (κ2) is 5.80. The molecular weight excluding hydrogens is 311 g/mol. The van der Waals surface area contributed by atoms with Crippen molar-refractivity contribution in [2.75, 3.05) is 6.54 Å². The molecular formula is C14H16F3N5O. The fourth-order valence-electron chi connectivity index (χ4n) is 2.87. The molecule has 0 radical (unpaired) electrons. The number of aromatic nitrogens is 3. The first-order valence-electron chi connectivity index (χ1n) is 7.26. The largest absolute Gasteiger partial charge is 0.408 e. The monoisotopic (exact) mass is 327 g/mol. The van der Waals surface area contributed by atoms with Gasteiger partial charge in [0.25, 0.3) is 0 Å². The van der Waals surface area contributed by atoms with Gasteiger partial charge in [-0.3, -0.25) is 4.79 Å². The zero-order valence-electron chi connectivity index (χ0n) is 12.2. The zero-order valence-corrected chi connectivity index (χ0v) is 12.2. The Morgan fingerprint density at radius 2 is 2.04 bits per heavy atom. The van der Waals surface area contributed by atoms with Crippen LogP contribution in [0.3, 0.4) is 0 Å². The van der Waals surface area contributed by atoms with E-state index in [0.717, 1.165) is 4.90 Å². The molecule has 0 aliphatic carbocycles. The quantitative estimate of drug-likeness (QED) is 0.902. The van der Waals surface area contributed by atoms with Crippen molar-refractivity contribution in [1.29, 1.82) is 0 Å². The maximum absolute atomic E-state index is 13.1. The van der Waals surface area contributed by atoms with Crippen molar-refractivity contribution in [3.63, 3.8) is 0 Å². The van der Waals surface area contributed by atoms with E-state index in [0.29, 0.717) is 11.0 Å². The number of carbonyl (C=O) groups excluding carboxylic acids is 1. The van der Waals surface area contributed by atoms with E-state index >= 15 is 0 Å². The predicted octanol–water partition coefficient (Wildman–Crippen LogP) is 1.31. The molecule has 2 heterocycles. The molecule has 0 spiro atoms. The molecule has 2 atom stereocenters. The van der Waals surface area contributed by atoms with E-state index in [-0.39, 0.29) is 25.9 Å². The summed E-state index contributed by atoms with van der Waals surface area (Å²) in [6.07, 6.45) is -4.38. The standard InChI is InChI=1S/C14H16F3N5O/c15-14(16,17)12-6-5-9(18)7-21(12)13(23)8-22-11-4-2-1-3-10(11)19-20-22/h1-4,9,12H,5-8,18H2/t9-,12+/m1/s1. The highest BCUT2D eigenvalue weighted by Gasteiger charge is 2.47. The van der Waals surface area contributed by atoms with E-state index in [1.165, 1.54) is 4.68 Å². The lowest BCUT2D eigenvalue weighted by molar-refractivity contribution is -0.197. The Balaban J connectivity index is 1.83. The van der Waals surface area contributed by atoms with E-state index in [2.05, 4.69) is 10.3 Å². The minimum Gasteiger partial charge on any atom is -0.327 e. The van der Waals surface area contributed by atoms with Gasteiger partial charge >= 0.3 is 6.18 Å². The SMILES string of the molecule is N[C@@H]1CC[C@@H](C(F)(F)F)N(C(=O)Cn2nnc3ccccc32)C1. The van der Waals surface area contributed by atoms with Gasteiger partial charge < -0.3 is 10.6 Å². The Bertz CT molecular complexity index is 714. The number of alkyl halides is 3. The number of hydrogen-bond donors (Lipinski definition) is 1. The summed E-state index contributed by atoms with van der Waals surface area (Å²) in [4.78, 5) is 13.2. The van der Waals surface area contributed by atoms with Crippen LogP contribution in [-0.4, -0.2) is 50.6 Å². The Labute approximate surface area is 130 Å². The number of piperidine rings is 1. The molecule has 2 N–H and O–H groups in total. The minimum absolute atomic E-state index is 0.102. The third kappa shape index (κ3) is 3.14. The van der Waals surface area contributed by atoms with Crippen LogP contribution in [0.15, 0.2) is 24.3 Å². The highest BCUT2D eigenvalue weighted by Crippen LogP contribution is 2.31. The minimum atomic E-state index is -4.46. The van der Waals surface area contributed by atoms with Crippen molar-refractivity contribution in [1.82, 2.24) is 19.9 Å². The van der Waals surface area contributed by atoms with E-state index in [9.17, 15) is 18.0 Å². The summed E-state index contributed by atoms with van der Waals surface area (Å²) in [5.41, 5.74) is 6.92. The van der Waals surface area contributed by atoms with Crippen molar-refractivity contribution in [2.45, 2.75) is 37.6 Å². The number of halogens is 3. The number of para-hydroxylation sites is 1. The highest BCUT2D eigenvalue weighted by molar-refractivity contribution is 5.80. The molecule has 0 saturated carbocycles. The topological polar surface area (TPSA) is 77.0 Å². The molecule has 1 aliphatic rings. The maximum Gasteiger partial charge on any atom is 0.408 e. The van der Waals surface area contributed by atoms with Crippen molar-refractivity contribution >= 4 is 16.9 Å². The summed E-state index contributed by atoms with van der Waals surface area (Å²) in [6.45, 7) is -0.393. The zero-order chi connectivity index (χ0) is 16.6. The van der Waals surface area contributed by atoms with Gasteiger partial charge in [0.05, 0.1) is 5.52 Å². The highest BCUT2D eigenvalue weighted by atomic mass is 19.4. The van der Waals surface area contributed by atoms with E-state index in [4.69, 9.17) is 5.73 Å². The van der Waals surface area contributed by atoms with Crippen LogP contribution in [0.4, 0.5) is 13.2 Å². The summed E-state index contributed by atoms with van der Waals surface area (Å²) < 4.78 is 40.7. The summed E-state index contributed by atoms with van der Waals surface area (Å²) >= 11 is 0. The summed E-state index contributed by atoms with van der Waals surface area (Å²) in [5.74, 6) is -0.655. The number of benzene rings is 1. The number of nitrogens with two attached hydrogens (primary N) is 1. The van der Waals surface area contributed by atoms with Gasteiger partial charge in [-0.1, -0.05) is 17.3 Å². The molecule has 1 aromatic heterocycles. The first-order chi connectivity index (χ1) is 10.9. The maximum atomic E-state index is 13.1. The summed E-state index contributed by atoms with van der Waals surface area (Å²) in [7, 11) is 0. The van der Waals surface area contributed by atoms with Crippen LogP contribution in [0.5, 0.6) is 0 Å². The number of hydrogen-bond acceptors (Lipinski definition) is 4. The molecule has 0 unspecified atom stereocenters. The van der Waals surface area contributed by atoms with Crippen LogP contribution in [0.25, 0.3) is 11.0 Å². The first kappa shape index (κ1) is 15.7. The molecule has 1 aliphatic heterocycles. The van der Waals surface area contributed by atoms with Crippen LogP contribution in [0, 0.1) is 0 Å². The lowest BCUT2D eigenvalue weighted by Crippen LogP contribution is -2.57. The van der Waals surface area contributed by atoms with Gasteiger partial charge in [-0.15, -0.1) is 5.10 Å². The Morgan fingerprint density at radius 3 is 2.78 bits per heavy atom. The second-order valence-corrected chi connectivity index (χ2v) is 5.68. The van der Waals surface area contributed by atoms with Crippen molar-refractivity contribution in [3.05, 3.63) is 24.3 Å². The Morgan fingerprint density at radius 1 is 1.30 bits per heavy atom. The van der Waals surface area contributed by atoms with Gasteiger partial charge in [-0.25, -0.2) is 4.68 Å². The molecule has 6 nitrogen and oxygen atoms in total. The van der Waals surface area contributed by atoms with Gasteiger partial charge in [0, 0.05) is 12.6 Å². The van der Waals surface area contributed by atoms with Crippen LogP contribution >= 0.6 is 0 Å². The molecule has 1 saturated heterocycles. The van der Waals surface area contributed by atoms with Crippen molar-refractivity contribution in [2.24, 2.45) is 5.73 Å². The fraction of sp³-hybridized carbons (Fsp3) is 0.500. The molecule has 23 heavy (non-hydrogen) atoms. The average molecular weight is 327 g/mol. The number of rotatable bonds is 2. The van der Waals surface area contributed by atoms with Gasteiger partial charge in [-0.2, -0.15) is 13.2 Å². The Kier molecular flexibility index (Phi) is 3.97. The van der Waals surface area contributed by atoms with Crippen LogP contribution in [0.2, 0.25) is 0 Å². The molecule has 9 heteroatoms. The van der Waals surface area contributed by atoms with Gasteiger partial charge in [0.15, 0.2) is 0 Å². The summed E-state index contributed by atoms with van der Waals surface area (Å²) in [6, 6.07) is 4.73. The van der Waals surface area contributed by atoms with Gasteiger partial charge in [0.2, 0.25) is 5.91 Å².